The zero-order chi connectivity index (χ0) is 8.97. The monoisotopic (exact) mass is 205 g/mol. The van der Waals surface area contributed by atoms with Crippen LogP contribution < -0.4 is 5.73 Å². The molecule has 76 valence electrons. The summed E-state index contributed by atoms with van der Waals surface area (Å²) in [6.45, 7) is 2.08. The fourth-order valence-corrected chi connectivity index (χ4v) is 1.11. The number of aryl methyl sites for hydroxylation is 1. The molecule has 0 bridgehead atoms. The molecule has 0 amide bonds. The van der Waals surface area contributed by atoms with E-state index in [1.54, 1.807) is 0 Å². The first-order chi connectivity index (χ1) is 5.74. The molecule has 0 aliphatic rings. The van der Waals surface area contributed by atoms with Crippen LogP contribution >= 0.6 is 12.4 Å². The number of nitrogens with two attached hydrogens (primary N) is 1. The number of aliphatic hydroxyl groups is 1. The molecule has 1 aromatic heterocycles. The fourth-order valence-electron chi connectivity index (χ4n) is 1.11. The molecule has 0 aromatic carbocycles. The topological polar surface area (TPSA) is 59.4 Å². The molecule has 13 heavy (non-hydrogen) atoms. The zero-order valence-electron chi connectivity index (χ0n) is 7.69. The van der Waals surface area contributed by atoms with Crippen molar-refractivity contribution in [3.05, 3.63) is 23.7 Å². The predicted molar refractivity (Wildman–Crippen MR) is 53.9 cm³/mol. The van der Waals surface area contributed by atoms with E-state index in [0.717, 1.165) is 24.4 Å². The van der Waals surface area contributed by atoms with Gasteiger partial charge in [0.15, 0.2) is 0 Å². The number of aliphatic hydroxyl groups excluding tert-OH is 1. The van der Waals surface area contributed by atoms with Gasteiger partial charge >= 0.3 is 0 Å². The lowest BCUT2D eigenvalue weighted by Gasteiger charge is -2.06. The molecular formula is C9H16ClNO2. The summed E-state index contributed by atoms with van der Waals surface area (Å²) >= 11 is 0. The molecule has 1 heterocycles. The standard InChI is InChI=1S/C9H15NO2.ClH/c1-7-4-5-9(12-7)8(10)3-2-6-11;/h4-5,8,11H,2-3,6,10H2,1H3;1H/t8-;/m1./s1. The first-order valence-corrected chi connectivity index (χ1v) is 4.17. The van der Waals surface area contributed by atoms with Crippen molar-refractivity contribution in [2.75, 3.05) is 6.61 Å². The molecule has 0 aliphatic carbocycles. The number of rotatable bonds is 4. The Bertz CT molecular complexity index is 237. The minimum atomic E-state index is -0.0779. The molecule has 1 atom stereocenters. The maximum Gasteiger partial charge on any atom is 0.120 e. The third-order valence-electron chi connectivity index (χ3n) is 1.80. The van der Waals surface area contributed by atoms with Gasteiger partial charge in [-0.25, -0.2) is 0 Å². The molecule has 3 nitrogen and oxygen atoms in total. The van der Waals surface area contributed by atoms with Crippen molar-refractivity contribution in [3.63, 3.8) is 0 Å². The van der Waals surface area contributed by atoms with E-state index in [1.807, 2.05) is 19.1 Å². The van der Waals surface area contributed by atoms with E-state index in [2.05, 4.69) is 0 Å². The van der Waals surface area contributed by atoms with Crippen molar-refractivity contribution in [3.8, 4) is 0 Å². The molecule has 0 spiro atoms. The van der Waals surface area contributed by atoms with Crippen LogP contribution in [0.15, 0.2) is 16.5 Å². The zero-order valence-corrected chi connectivity index (χ0v) is 8.51. The lowest BCUT2D eigenvalue weighted by Crippen LogP contribution is -2.09. The van der Waals surface area contributed by atoms with Gasteiger partial charge in [0.05, 0.1) is 6.04 Å². The second kappa shape index (κ2) is 6.02. The summed E-state index contributed by atoms with van der Waals surface area (Å²) in [5, 5.41) is 8.58. The predicted octanol–water partition coefficient (Wildman–Crippen LogP) is 1.78. The van der Waals surface area contributed by atoms with E-state index in [0.29, 0.717) is 0 Å². The second-order valence-electron chi connectivity index (χ2n) is 2.92. The molecule has 4 heteroatoms. The van der Waals surface area contributed by atoms with Gasteiger partial charge in [-0.1, -0.05) is 0 Å². The summed E-state index contributed by atoms with van der Waals surface area (Å²) < 4.78 is 5.34. The Morgan fingerprint density at radius 3 is 2.69 bits per heavy atom. The Labute approximate surface area is 84.3 Å². The average Bonchev–Trinajstić information content (AvgIpc) is 2.47. The van der Waals surface area contributed by atoms with Gasteiger partial charge in [-0.15, -0.1) is 12.4 Å². The minimum absolute atomic E-state index is 0. The molecule has 0 aliphatic heterocycles. The van der Waals surface area contributed by atoms with Crippen LogP contribution in [0.1, 0.15) is 30.4 Å². The van der Waals surface area contributed by atoms with Crippen molar-refractivity contribution in [1.82, 2.24) is 0 Å². The first kappa shape index (κ1) is 12.5. The normalized spacial score (nSPS) is 12.2. The van der Waals surface area contributed by atoms with Crippen LogP contribution in [-0.4, -0.2) is 11.7 Å². The van der Waals surface area contributed by atoms with Crippen molar-refractivity contribution in [2.45, 2.75) is 25.8 Å². The van der Waals surface area contributed by atoms with Crippen LogP contribution in [-0.2, 0) is 0 Å². The average molecular weight is 206 g/mol. The third kappa shape index (κ3) is 3.81. The first-order valence-electron chi connectivity index (χ1n) is 4.17. The molecule has 0 unspecified atom stereocenters. The maximum atomic E-state index is 8.58. The Balaban J connectivity index is 0.00000144. The molecule has 3 N–H and O–H groups in total. The summed E-state index contributed by atoms with van der Waals surface area (Å²) in [4.78, 5) is 0. The molecule has 1 aromatic rings. The van der Waals surface area contributed by atoms with Crippen LogP contribution in [0.4, 0.5) is 0 Å². The van der Waals surface area contributed by atoms with E-state index in [1.165, 1.54) is 0 Å². The SMILES string of the molecule is Cc1ccc([C@H](N)CCCO)o1.Cl. The maximum absolute atomic E-state index is 8.58. The molecule has 0 fully saturated rings. The van der Waals surface area contributed by atoms with Crippen LogP contribution in [0.25, 0.3) is 0 Å². The van der Waals surface area contributed by atoms with Crippen molar-refractivity contribution >= 4 is 12.4 Å². The number of furan rings is 1. The fraction of sp³-hybridized carbons (Fsp3) is 0.556. The smallest absolute Gasteiger partial charge is 0.120 e. The van der Waals surface area contributed by atoms with Gasteiger partial charge in [0, 0.05) is 6.61 Å². The van der Waals surface area contributed by atoms with Gasteiger partial charge < -0.3 is 15.3 Å². The molecule has 0 saturated carbocycles. The molecule has 0 radical (unpaired) electrons. The Morgan fingerprint density at radius 2 is 2.23 bits per heavy atom. The van der Waals surface area contributed by atoms with Gasteiger partial charge in [-0.05, 0) is 31.9 Å². The third-order valence-corrected chi connectivity index (χ3v) is 1.80. The van der Waals surface area contributed by atoms with Crippen LogP contribution in [0, 0.1) is 6.92 Å². The molecular weight excluding hydrogens is 190 g/mol. The van der Waals surface area contributed by atoms with E-state index in [4.69, 9.17) is 15.3 Å². The van der Waals surface area contributed by atoms with E-state index < -0.39 is 0 Å². The van der Waals surface area contributed by atoms with E-state index in [9.17, 15) is 0 Å². The lowest BCUT2D eigenvalue weighted by atomic mass is 10.1. The summed E-state index contributed by atoms with van der Waals surface area (Å²) in [7, 11) is 0. The second-order valence-corrected chi connectivity index (χ2v) is 2.92. The van der Waals surface area contributed by atoms with Gasteiger partial charge in [0.25, 0.3) is 0 Å². The highest BCUT2D eigenvalue weighted by Gasteiger charge is 2.08. The Morgan fingerprint density at radius 1 is 1.54 bits per heavy atom. The highest BCUT2D eigenvalue weighted by atomic mass is 35.5. The molecule has 1 rings (SSSR count). The van der Waals surface area contributed by atoms with Crippen molar-refractivity contribution in [2.24, 2.45) is 5.73 Å². The summed E-state index contributed by atoms with van der Waals surface area (Å²) in [6.07, 6.45) is 1.49. The van der Waals surface area contributed by atoms with Crippen LogP contribution in [0.5, 0.6) is 0 Å². The van der Waals surface area contributed by atoms with Gasteiger partial charge in [0.1, 0.15) is 11.5 Å². The quantitative estimate of drug-likeness (QED) is 0.788. The minimum Gasteiger partial charge on any atom is -0.465 e. The summed E-state index contributed by atoms with van der Waals surface area (Å²) in [5.74, 6) is 1.69. The number of halogens is 1. The summed E-state index contributed by atoms with van der Waals surface area (Å²) in [5.41, 5.74) is 5.79. The Hall–Kier alpha value is -0.510. The highest BCUT2D eigenvalue weighted by molar-refractivity contribution is 5.85. The lowest BCUT2D eigenvalue weighted by molar-refractivity contribution is 0.276. The highest BCUT2D eigenvalue weighted by Crippen LogP contribution is 2.17. The van der Waals surface area contributed by atoms with Gasteiger partial charge in [-0.3, -0.25) is 0 Å². The Kier molecular flexibility index (Phi) is 5.79. The van der Waals surface area contributed by atoms with E-state index >= 15 is 0 Å². The summed E-state index contributed by atoms with van der Waals surface area (Å²) in [6, 6.07) is 3.71. The van der Waals surface area contributed by atoms with Crippen LogP contribution in [0.2, 0.25) is 0 Å². The molecule has 0 saturated heterocycles. The number of hydrogen-bond acceptors (Lipinski definition) is 3. The number of hydrogen-bond donors (Lipinski definition) is 2. The van der Waals surface area contributed by atoms with Crippen molar-refractivity contribution < 1.29 is 9.52 Å². The largest absolute Gasteiger partial charge is 0.465 e. The van der Waals surface area contributed by atoms with E-state index in [-0.39, 0.29) is 25.1 Å². The van der Waals surface area contributed by atoms with Gasteiger partial charge in [0.2, 0.25) is 0 Å². The van der Waals surface area contributed by atoms with Gasteiger partial charge in [-0.2, -0.15) is 0 Å². The van der Waals surface area contributed by atoms with Crippen molar-refractivity contribution in [1.29, 1.82) is 0 Å². The van der Waals surface area contributed by atoms with Crippen LogP contribution in [0.3, 0.4) is 0 Å².